The minimum atomic E-state index is 0.427. The van der Waals surface area contributed by atoms with Crippen molar-refractivity contribution in [2.24, 2.45) is 22.7 Å². The molecule has 0 aromatic heterocycles. The first-order valence-corrected chi connectivity index (χ1v) is 4.58. The van der Waals surface area contributed by atoms with E-state index in [0.29, 0.717) is 22.5 Å². The summed E-state index contributed by atoms with van der Waals surface area (Å²) in [7, 11) is 0. The topological polar surface area (TPSA) is 17.1 Å². The molecule has 0 aromatic carbocycles. The van der Waals surface area contributed by atoms with Gasteiger partial charge in [0.15, 0.2) is 0 Å². The van der Waals surface area contributed by atoms with E-state index in [1.54, 1.807) is 0 Å². The molecule has 4 aliphatic carbocycles. The summed E-state index contributed by atoms with van der Waals surface area (Å²) in [4.78, 5) is 11.5. The van der Waals surface area contributed by atoms with Crippen LogP contribution >= 0.6 is 0 Å². The molecule has 0 amide bonds. The third-order valence-electron chi connectivity index (χ3n) is 4.47. The van der Waals surface area contributed by atoms with Gasteiger partial charge in [-0.1, -0.05) is 13.8 Å². The highest BCUT2D eigenvalue weighted by atomic mass is 16.1. The molecule has 60 valence electrons. The predicted molar refractivity (Wildman–Crippen MR) is 42.1 cm³/mol. The summed E-state index contributed by atoms with van der Waals surface area (Å²) >= 11 is 0. The van der Waals surface area contributed by atoms with Crippen LogP contribution in [0.1, 0.15) is 33.1 Å². The minimum Gasteiger partial charge on any atom is -0.299 e. The van der Waals surface area contributed by atoms with Crippen molar-refractivity contribution in [1.82, 2.24) is 0 Å². The van der Waals surface area contributed by atoms with E-state index in [0.717, 1.165) is 12.3 Å². The van der Waals surface area contributed by atoms with E-state index in [4.69, 9.17) is 0 Å². The van der Waals surface area contributed by atoms with Gasteiger partial charge in [-0.2, -0.15) is 0 Å². The molecule has 0 saturated heterocycles. The molecule has 0 aliphatic heterocycles. The second kappa shape index (κ2) is 1.30. The van der Waals surface area contributed by atoms with Gasteiger partial charge in [-0.15, -0.1) is 0 Å². The Balaban J connectivity index is 2.13. The van der Waals surface area contributed by atoms with Crippen LogP contribution in [0.2, 0.25) is 0 Å². The molecule has 4 fully saturated rings. The molecular weight excluding hydrogens is 136 g/mol. The Labute approximate surface area is 67.2 Å². The van der Waals surface area contributed by atoms with Gasteiger partial charge >= 0.3 is 0 Å². The van der Waals surface area contributed by atoms with E-state index in [1.807, 2.05) is 0 Å². The molecule has 1 nitrogen and oxygen atoms in total. The zero-order valence-electron chi connectivity index (χ0n) is 7.18. The summed E-state index contributed by atoms with van der Waals surface area (Å²) in [5.74, 6) is 1.82. The van der Waals surface area contributed by atoms with E-state index in [1.165, 1.54) is 12.8 Å². The summed E-state index contributed by atoms with van der Waals surface area (Å²) in [5.41, 5.74) is 0.866. The summed E-state index contributed by atoms with van der Waals surface area (Å²) < 4.78 is 0. The third kappa shape index (κ3) is 0.447. The Hall–Kier alpha value is -0.330. The fourth-order valence-corrected chi connectivity index (χ4v) is 4.27. The molecular formula is C10H14O. The normalized spacial score (nSPS) is 65.1. The number of hydrogen-bond acceptors (Lipinski definition) is 1. The molecule has 0 aromatic rings. The SMILES string of the molecule is CC12CC(=O)C3C1CC3(C)C2. The lowest BCUT2D eigenvalue weighted by Gasteiger charge is -2.42. The first-order chi connectivity index (χ1) is 5.05. The molecule has 4 aliphatic rings. The van der Waals surface area contributed by atoms with Crippen molar-refractivity contribution in [3.05, 3.63) is 0 Å². The van der Waals surface area contributed by atoms with E-state index < -0.39 is 0 Å². The van der Waals surface area contributed by atoms with Gasteiger partial charge in [0, 0.05) is 12.3 Å². The van der Waals surface area contributed by atoms with Crippen LogP contribution in [0.25, 0.3) is 0 Å². The van der Waals surface area contributed by atoms with Gasteiger partial charge in [-0.25, -0.2) is 0 Å². The molecule has 1 heteroatoms. The van der Waals surface area contributed by atoms with Crippen molar-refractivity contribution in [2.75, 3.05) is 0 Å². The number of hydrogen-bond donors (Lipinski definition) is 0. The Morgan fingerprint density at radius 3 is 2.45 bits per heavy atom. The lowest BCUT2D eigenvalue weighted by Crippen LogP contribution is -2.40. The smallest absolute Gasteiger partial charge is 0.137 e. The maximum atomic E-state index is 11.5. The van der Waals surface area contributed by atoms with E-state index in [-0.39, 0.29) is 0 Å². The fraction of sp³-hybridized carbons (Fsp3) is 0.900. The van der Waals surface area contributed by atoms with Crippen LogP contribution in [0.3, 0.4) is 0 Å². The molecule has 0 N–H and O–H groups in total. The van der Waals surface area contributed by atoms with Crippen molar-refractivity contribution in [1.29, 1.82) is 0 Å². The van der Waals surface area contributed by atoms with Crippen LogP contribution in [-0.2, 0) is 4.79 Å². The second-order valence-electron chi connectivity index (χ2n) is 5.42. The van der Waals surface area contributed by atoms with Crippen molar-refractivity contribution < 1.29 is 4.79 Å². The Morgan fingerprint density at radius 1 is 1.36 bits per heavy atom. The van der Waals surface area contributed by atoms with Gasteiger partial charge < -0.3 is 0 Å². The molecule has 4 unspecified atom stereocenters. The molecule has 4 atom stereocenters. The van der Waals surface area contributed by atoms with Crippen LogP contribution in [0.5, 0.6) is 0 Å². The van der Waals surface area contributed by atoms with E-state index >= 15 is 0 Å². The average Bonchev–Trinajstić information content (AvgIpc) is 2.18. The van der Waals surface area contributed by atoms with Crippen molar-refractivity contribution >= 4 is 5.78 Å². The van der Waals surface area contributed by atoms with Crippen LogP contribution in [-0.4, -0.2) is 5.78 Å². The van der Waals surface area contributed by atoms with Crippen LogP contribution < -0.4 is 0 Å². The lowest BCUT2D eigenvalue weighted by molar-refractivity contribution is -0.130. The summed E-state index contributed by atoms with van der Waals surface area (Å²) in [6.45, 7) is 4.62. The highest BCUT2D eigenvalue weighted by Gasteiger charge is 2.72. The Morgan fingerprint density at radius 2 is 2.09 bits per heavy atom. The van der Waals surface area contributed by atoms with Crippen LogP contribution in [0.4, 0.5) is 0 Å². The number of carbonyl (C=O) groups is 1. The summed E-state index contributed by atoms with van der Waals surface area (Å²) in [5, 5.41) is 0. The van der Waals surface area contributed by atoms with Gasteiger partial charge in [-0.3, -0.25) is 4.79 Å². The molecule has 11 heavy (non-hydrogen) atoms. The first-order valence-electron chi connectivity index (χ1n) is 4.58. The monoisotopic (exact) mass is 150 g/mol. The molecule has 4 bridgehead atoms. The zero-order chi connectivity index (χ0) is 7.85. The summed E-state index contributed by atoms with van der Waals surface area (Å²) in [6.07, 6.45) is 3.54. The van der Waals surface area contributed by atoms with Gasteiger partial charge in [0.1, 0.15) is 5.78 Å². The van der Waals surface area contributed by atoms with Crippen molar-refractivity contribution in [3.8, 4) is 0 Å². The van der Waals surface area contributed by atoms with E-state index in [2.05, 4.69) is 13.8 Å². The van der Waals surface area contributed by atoms with E-state index in [9.17, 15) is 4.79 Å². The quantitative estimate of drug-likeness (QED) is 0.516. The third-order valence-corrected chi connectivity index (χ3v) is 4.47. The molecule has 0 radical (unpaired) electrons. The highest BCUT2D eigenvalue weighted by molar-refractivity contribution is 5.88. The standard InChI is InChI=1S/C10H14O/c1-9-4-7(11)8-6(9)3-10(8,2)5-9/h6,8H,3-5H2,1-2H3. The van der Waals surface area contributed by atoms with Gasteiger partial charge in [0.2, 0.25) is 0 Å². The Kier molecular flexibility index (Phi) is 0.733. The van der Waals surface area contributed by atoms with Gasteiger partial charge in [0.25, 0.3) is 0 Å². The maximum absolute atomic E-state index is 11.5. The fourth-order valence-electron chi connectivity index (χ4n) is 4.27. The summed E-state index contributed by atoms with van der Waals surface area (Å²) in [6, 6.07) is 0. The van der Waals surface area contributed by atoms with Crippen LogP contribution in [0, 0.1) is 22.7 Å². The first kappa shape index (κ1) is 6.22. The number of ketones is 1. The largest absolute Gasteiger partial charge is 0.299 e. The maximum Gasteiger partial charge on any atom is 0.137 e. The predicted octanol–water partition coefficient (Wildman–Crippen LogP) is 2.01. The molecule has 4 rings (SSSR count). The van der Waals surface area contributed by atoms with Crippen molar-refractivity contribution in [2.45, 2.75) is 33.1 Å². The van der Waals surface area contributed by atoms with Gasteiger partial charge in [0.05, 0.1) is 0 Å². The van der Waals surface area contributed by atoms with Gasteiger partial charge in [-0.05, 0) is 29.6 Å². The number of carbonyl (C=O) groups excluding carboxylic acids is 1. The average molecular weight is 150 g/mol. The molecule has 0 spiro atoms. The van der Waals surface area contributed by atoms with Crippen LogP contribution in [0.15, 0.2) is 0 Å². The molecule has 0 heterocycles. The Bertz CT molecular complexity index is 258. The number of rotatable bonds is 0. The second-order valence-corrected chi connectivity index (χ2v) is 5.42. The highest BCUT2D eigenvalue weighted by Crippen LogP contribution is 2.76. The minimum absolute atomic E-state index is 0.427. The molecule has 4 saturated carbocycles. The lowest BCUT2D eigenvalue weighted by atomic mass is 9.61. The zero-order valence-corrected chi connectivity index (χ0v) is 7.18. The van der Waals surface area contributed by atoms with Crippen molar-refractivity contribution in [3.63, 3.8) is 0 Å². The number of Topliss-reactive ketones (excluding diaryl/α,β-unsaturated/α-hetero) is 1.